The van der Waals surface area contributed by atoms with Gasteiger partial charge in [-0.1, -0.05) is 18.2 Å². The van der Waals surface area contributed by atoms with Gasteiger partial charge in [-0.3, -0.25) is 9.59 Å². The van der Waals surface area contributed by atoms with E-state index in [4.69, 9.17) is 4.42 Å². The number of benzene rings is 1. The third kappa shape index (κ3) is 2.76. The average Bonchev–Trinajstić information content (AvgIpc) is 3.05. The zero-order valence-electron chi connectivity index (χ0n) is 12.0. The highest BCUT2D eigenvalue weighted by molar-refractivity contribution is 5.81. The lowest BCUT2D eigenvalue weighted by atomic mass is 10.2. The third-order valence-electron chi connectivity index (χ3n) is 3.40. The Kier molecular flexibility index (Phi) is 3.74. The summed E-state index contributed by atoms with van der Waals surface area (Å²) in [7, 11) is 0. The van der Waals surface area contributed by atoms with E-state index in [9.17, 15) is 9.59 Å². The van der Waals surface area contributed by atoms with Crippen LogP contribution in [0, 0.1) is 0 Å². The molecule has 0 bridgehead atoms. The fourth-order valence-electron chi connectivity index (χ4n) is 2.27. The highest BCUT2D eigenvalue weighted by Crippen LogP contribution is 2.12. The quantitative estimate of drug-likeness (QED) is 0.797. The minimum Gasteiger partial charge on any atom is -0.467 e. The highest BCUT2D eigenvalue weighted by Gasteiger charge is 2.13. The van der Waals surface area contributed by atoms with Crippen molar-refractivity contribution in [3.8, 4) is 0 Å². The molecule has 1 atom stereocenters. The molecule has 22 heavy (non-hydrogen) atoms. The Morgan fingerprint density at radius 1 is 1.32 bits per heavy atom. The lowest BCUT2D eigenvalue weighted by Gasteiger charge is -2.12. The van der Waals surface area contributed by atoms with Crippen molar-refractivity contribution in [2.24, 2.45) is 0 Å². The molecule has 0 aliphatic rings. The van der Waals surface area contributed by atoms with Gasteiger partial charge in [-0.05, 0) is 25.1 Å². The fraction of sp³-hybridized carbons (Fsp3) is 0.188. The second kappa shape index (κ2) is 5.85. The Hall–Kier alpha value is -2.89. The molecule has 0 fully saturated rings. The van der Waals surface area contributed by atoms with E-state index in [1.165, 1.54) is 0 Å². The number of nitrogens with zero attached hydrogens (tertiary/aromatic N) is 2. The van der Waals surface area contributed by atoms with E-state index in [0.717, 1.165) is 10.1 Å². The number of hydrogen-bond donors (Lipinski definition) is 1. The number of fused-ring (bicyclic) bond motifs is 1. The molecule has 2 heterocycles. The van der Waals surface area contributed by atoms with Crippen LogP contribution >= 0.6 is 0 Å². The molecular formula is C16H15N3O3. The van der Waals surface area contributed by atoms with Gasteiger partial charge >= 0.3 is 0 Å². The molecule has 2 aromatic heterocycles. The number of nitrogens with one attached hydrogen (secondary N) is 1. The number of aromatic nitrogens is 2. The Bertz CT molecular complexity index is 852. The Morgan fingerprint density at radius 2 is 2.14 bits per heavy atom. The molecule has 0 saturated heterocycles. The molecule has 3 rings (SSSR count). The summed E-state index contributed by atoms with van der Waals surface area (Å²) < 4.78 is 6.39. The van der Waals surface area contributed by atoms with Gasteiger partial charge in [-0.15, -0.1) is 0 Å². The summed E-state index contributed by atoms with van der Waals surface area (Å²) in [5.74, 6) is 0.362. The van der Waals surface area contributed by atoms with Gasteiger partial charge in [-0.25, -0.2) is 4.68 Å². The van der Waals surface area contributed by atoms with E-state index < -0.39 is 0 Å². The second-order valence-corrected chi connectivity index (χ2v) is 5.00. The number of furan rings is 1. The van der Waals surface area contributed by atoms with E-state index >= 15 is 0 Å². The molecule has 6 heteroatoms. The van der Waals surface area contributed by atoms with Crippen LogP contribution in [-0.2, 0) is 11.3 Å². The van der Waals surface area contributed by atoms with Crippen molar-refractivity contribution in [3.05, 3.63) is 65.0 Å². The number of amides is 1. The van der Waals surface area contributed by atoms with Crippen LogP contribution in [0.15, 0.2) is 58.1 Å². The molecule has 0 aliphatic heterocycles. The molecule has 0 saturated carbocycles. The maximum absolute atomic E-state index is 12.3. The summed E-state index contributed by atoms with van der Waals surface area (Å²) >= 11 is 0. The zero-order chi connectivity index (χ0) is 15.5. The minimum atomic E-state index is -0.297. The molecule has 1 aromatic carbocycles. The van der Waals surface area contributed by atoms with Gasteiger partial charge in [0.15, 0.2) is 0 Å². The van der Waals surface area contributed by atoms with Crippen LogP contribution in [0.5, 0.6) is 0 Å². The molecule has 0 aliphatic carbocycles. The van der Waals surface area contributed by atoms with Crippen LogP contribution < -0.4 is 10.9 Å². The second-order valence-electron chi connectivity index (χ2n) is 5.00. The summed E-state index contributed by atoms with van der Waals surface area (Å²) in [6.45, 7) is 1.68. The van der Waals surface area contributed by atoms with Crippen molar-refractivity contribution >= 4 is 16.7 Å². The van der Waals surface area contributed by atoms with E-state index in [-0.39, 0.29) is 24.1 Å². The monoisotopic (exact) mass is 297 g/mol. The Morgan fingerprint density at radius 3 is 2.91 bits per heavy atom. The van der Waals surface area contributed by atoms with Crippen LogP contribution in [0.25, 0.3) is 10.8 Å². The van der Waals surface area contributed by atoms with Crippen LogP contribution in [0.3, 0.4) is 0 Å². The zero-order valence-corrected chi connectivity index (χ0v) is 12.0. The van der Waals surface area contributed by atoms with Crippen molar-refractivity contribution in [2.75, 3.05) is 0 Å². The first-order valence-corrected chi connectivity index (χ1v) is 6.93. The summed E-state index contributed by atoms with van der Waals surface area (Å²) in [4.78, 5) is 24.3. The summed E-state index contributed by atoms with van der Waals surface area (Å²) in [6.07, 6.45) is 3.13. The molecule has 1 amide bonds. The maximum Gasteiger partial charge on any atom is 0.275 e. The summed E-state index contributed by atoms with van der Waals surface area (Å²) in [5, 5.41) is 8.11. The lowest BCUT2D eigenvalue weighted by Crippen LogP contribution is -2.34. The predicted molar refractivity (Wildman–Crippen MR) is 81.3 cm³/mol. The predicted octanol–water partition coefficient (Wildman–Crippen LogP) is 1.87. The van der Waals surface area contributed by atoms with Crippen molar-refractivity contribution in [1.82, 2.24) is 15.1 Å². The van der Waals surface area contributed by atoms with Gasteiger partial charge < -0.3 is 9.73 Å². The first kappa shape index (κ1) is 14.1. The summed E-state index contributed by atoms with van der Waals surface area (Å²) in [6, 6.07) is 10.4. The van der Waals surface area contributed by atoms with E-state index in [0.29, 0.717) is 11.1 Å². The van der Waals surface area contributed by atoms with Gasteiger partial charge in [0.1, 0.15) is 12.3 Å². The Balaban J connectivity index is 1.77. The number of hydrogen-bond acceptors (Lipinski definition) is 4. The SMILES string of the molecule is C[C@@H](NC(=O)Cn1ncc2ccccc2c1=O)c1ccco1. The average molecular weight is 297 g/mol. The van der Waals surface area contributed by atoms with Gasteiger partial charge in [0, 0.05) is 5.39 Å². The molecular weight excluding hydrogens is 282 g/mol. The topological polar surface area (TPSA) is 77.1 Å². The smallest absolute Gasteiger partial charge is 0.275 e. The fourth-order valence-corrected chi connectivity index (χ4v) is 2.27. The van der Waals surface area contributed by atoms with Crippen LogP contribution in [0.1, 0.15) is 18.7 Å². The number of rotatable bonds is 4. The molecule has 112 valence electrons. The molecule has 6 nitrogen and oxygen atoms in total. The van der Waals surface area contributed by atoms with Crippen LogP contribution in [0.2, 0.25) is 0 Å². The van der Waals surface area contributed by atoms with Crippen LogP contribution in [0.4, 0.5) is 0 Å². The summed E-state index contributed by atoms with van der Waals surface area (Å²) in [5.41, 5.74) is -0.279. The van der Waals surface area contributed by atoms with Gasteiger partial charge in [0.05, 0.1) is 23.9 Å². The third-order valence-corrected chi connectivity index (χ3v) is 3.40. The number of carbonyl (C=O) groups excluding carboxylic acids is 1. The largest absolute Gasteiger partial charge is 0.467 e. The van der Waals surface area contributed by atoms with Crippen molar-refractivity contribution in [2.45, 2.75) is 19.5 Å². The van der Waals surface area contributed by atoms with Crippen molar-refractivity contribution < 1.29 is 9.21 Å². The van der Waals surface area contributed by atoms with E-state index in [1.54, 1.807) is 36.7 Å². The maximum atomic E-state index is 12.3. The Labute approximate surface area is 126 Å². The first-order valence-electron chi connectivity index (χ1n) is 6.93. The van der Waals surface area contributed by atoms with Gasteiger partial charge in [0.2, 0.25) is 5.91 Å². The lowest BCUT2D eigenvalue weighted by molar-refractivity contribution is -0.122. The highest BCUT2D eigenvalue weighted by atomic mass is 16.3. The van der Waals surface area contributed by atoms with Crippen LogP contribution in [-0.4, -0.2) is 15.7 Å². The first-order chi connectivity index (χ1) is 10.6. The molecule has 0 spiro atoms. The van der Waals surface area contributed by atoms with Gasteiger partial charge in [-0.2, -0.15) is 5.10 Å². The van der Waals surface area contributed by atoms with E-state index in [2.05, 4.69) is 10.4 Å². The minimum absolute atomic E-state index is 0.130. The van der Waals surface area contributed by atoms with Crippen molar-refractivity contribution in [3.63, 3.8) is 0 Å². The molecule has 0 unspecified atom stereocenters. The van der Waals surface area contributed by atoms with Gasteiger partial charge in [0.25, 0.3) is 5.56 Å². The van der Waals surface area contributed by atoms with Crippen molar-refractivity contribution in [1.29, 1.82) is 0 Å². The standard InChI is InChI=1S/C16H15N3O3/c1-11(14-7-4-8-22-14)18-15(20)10-19-16(21)13-6-3-2-5-12(13)9-17-19/h2-9,11H,10H2,1H3,(H,18,20)/t11-/m1/s1. The molecule has 1 N–H and O–H groups in total. The molecule has 0 radical (unpaired) electrons. The van der Waals surface area contributed by atoms with E-state index in [1.807, 2.05) is 19.1 Å². The molecule has 3 aromatic rings. The normalized spacial score (nSPS) is 12.2. The number of carbonyl (C=O) groups is 1.